The summed E-state index contributed by atoms with van der Waals surface area (Å²) in [6.45, 7) is 0. The Kier molecular flexibility index (Phi) is 3.10. The van der Waals surface area contributed by atoms with Gasteiger partial charge in [-0.05, 0) is 42.9 Å². The van der Waals surface area contributed by atoms with Crippen LogP contribution in [-0.4, -0.2) is 11.1 Å². The van der Waals surface area contributed by atoms with Crippen molar-refractivity contribution < 1.29 is 9.90 Å². The maximum Gasteiger partial charge on any atom is 0.306 e. The SMILES string of the molecule is O=C(O)C1CCC1Cc1ccc(Br)cc1. The van der Waals surface area contributed by atoms with Crippen molar-refractivity contribution in [2.45, 2.75) is 19.3 Å². The fourth-order valence-electron chi connectivity index (χ4n) is 2.06. The Bertz CT molecular complexity index is 358. The van der Waals surface area contributed by atoms with Gasteiger partial charge in [-0.1, -0.05) is 28.1 Å². The Morgan fingerprint density at radius 2 is 2.00 bits per heavy atom. The molecule has 2 unspecified atom stereocenters. The number of benzene rings is 1. The first kappa shape index (κ1) is 10.7. The highest BCUT2D eigenvalue weighted by atomic mass is 79.9. The van der Waals surface area contributed by atoms with Gasteiger partial charge in [-0.2, -0.15) is 0 Å². The Morgan fingerprint density at radius 3 is 2.47 bits per heavy atom. The molecule has 1 saturated carbocycles. The number of aliphatic carboxylic acids is 1. The molecule has 2 nitrogen and oxygen atoms in total. The topological polar surface area (TPSA) is 37.3 Å². The highest BCUT2D eigenvalue weighted by Gasteiger charge is 2.36. The quantitative estimate of drug-likeness (QED) is 0.915. The maximum absolute atomic E-state index is 10.8. The smallest absolute Gasteiger partial charge is 0.306 e. The van der Waals surface area contributed by atoms with Crippen LogP contribution in [0.25, 0.3) is 0 Å². The highest BCUT2D eigenvalue weighted by Crippen LogP contribution is 2.36. The van der Waals surface area contributed by atoms with Crippen LogP contribution < -0.4 is 0 Å². The largest absolute Gasteiger partial charge is 0.481 e. The van der Waals surface area contributed by atoms with Gasteiger partial charge in [-0.3, -0.25) is 4.79 Å². The molecule has 1 N–H and O–H groups in total. The van der Waals surface area contributed by atoms with E-state index in [4.69, 9.17) is 5.11 Å². The van der Waals surface area contributed by atoms with E-state index in [1.807, 2.05) is 12.1 Å². The van der Waals surface area contributed by atoms with Gasteiger partial charge in [-0.15, -0.1) is 0 Å². The molecule has 2 atom stereocenters. The van der Waals surface area contributed by atoms with Crippen LogP contribution in [0.5, 0.6) is 0 Å². The molecule has 0 bridgehead atoms. The van der Waals surface area contributed by atoms with Crippen molar-refractivity contribution in [3.63, 3.8) is 0 Å². The molecule has 0 saturated heterocycles. The molecule has 0 spiro atoms. The minimum Gasteiger partial charge on any atom is -0.481 e. The molecule has 1 aromatic carbocycles. The summed E-state index contributed by atoms with van der Waals surface area (Å²) in [6, 6.07) is 8.12. The van der Waals surface area contributed by atoms with Gasteiger partial charge in [0, 0.05) is 4.47 Å². The number of carbonyl (C=O) groups is 1. The summed E-state index contributed by atoms with van der Waals surface area (Å²) in [7, 11) is 0. The molecular formula is C12H13BrO2. The summed E-state index contributed by atoms with van der Waals surface area (Å²) in [6.07, 6.45) is 2.79. The van der Waals surface area contributed by atoms with Gasteiger partial charge < -0.3 is 5.11 Å². The van der Waals surface area contributed by atoms with Gasteiger partial charge in [0.05, 0.1) is 5.92 Å². The van der Waals surface area contributed by atoms with Crippen molar-refractivity contribution >= 4 is 21.9 Å². The van der Waals surface area contributed by atoms with Gasteiger partial charge in [0.25, 0.3) is 0 Å². The normalized spacial score (nSPS) is 24.6. The Hall–Kier alpha value is -0.830. The second kappa shape index (κ2) is 4.35. The molecule has 3 heteroatoms. The third-order valence-electron chi connectivity index (χ3n) is 3.15. The lowest BCUT2D eigenvalue weighted by Gasteiger charge is -2.33. The van der Waals surface area contributed by atoms with E-state index in [-0.39, 0.29) is 5.92 Å². The number of hydrogen-bond donors (Lipinski definition) is 1. The van der Waals surface area contributed by atoms with Crippen molar-refractivity contribution in [2.75, 3.05) is 0 Å². The third-order valence-corrected chi connectivity index (χ3v) is 3.67. The Morgan fingerprint density at radius 1 is 1.33 bits per heavy atom. The standard InChI is InChI=1S/C12H13BrO2/c13-10-4-1-8(2-5-10)7-9-3-6-11(9)12(14)15/h1-2,4-5,9,11H,3,6-7H2,(H,14,15). The molecule has 0 amide bonds. The predicted molar refractivity (Wildman–Crippen MR) is 61.7 cm³/mol. The zero-order valence-electron chi connectivity index (χ0n) is 8.32. The number of carboxylic acids is 1. The van der Waals surface area contributed by atoms with Crippen LogP contribution in [0.15, 0.2) is 28.7 Å². The van der Waals surface area contributed by atoms with E-state index in [0.717, 1.165) is 23.7 Å². The Labute approximate surface area is 97.4 Å². The third kappa shape index (κ3) is 2.40. The van der Waals surface area contributed by atoms with Crippen LogP contribution in [0.4, 0.5) is 0 Å². The first-order valence-electron chi connectivity index (χ1n) is 5.14. The predicted octanol–water partition coefficient (Wildman–Crippen LogP) is 3.10. The van der Waals surface area contributed by atoms with Gasteiger partial charge in [0.1, 0.15) is 0 Å². The molecule has 1 aliphatic carbocycles. The molecule has 0 aromatic heterocycles. The molecule has 1 fully saturated rings. The van der Waals surface area contributed by atoms with Crippen molar-refractivity contribution in [1.29, 1.82) is 0 Å². The Balaban J connectivity index is 1.97. The average molecular weight is 269 g/mol. The summed E-state index contributed by atoms with van der Waals surface area (Å²) in [5.41, 5.74) is 1.23. The van der Waals surface area contributed by atoms with Gasteiger partial charge in [-0.25, -0.2) is 0 Å². The number of halogens is 1. The summed E-state index contributed by atoms with van der Waals surface area (Å²) in [5.74, 6) is -0.416. The zero-order chi connectivity index (χ0) is 10.8. The maximum atomic E-state index is 10.8. The summed E-state index contributed by atoms with van der Waals surface area (Å²) < 4.78 is 1.06. The van der Waals surface area contributed by atoms with Crippen LogP contribution in [0.1, 0.15) is 18.4 Å². The van der Waals surface area contributed by atoms with E-state index in [1.165, 1.54) is 5.56 Å². The van der Waals surface area contributed by atoms with E-state index >= 15 is 0 Å². The van der Waals surface area contributed by atoms with Crippen molar-refractivity contribution in [3.8, 4) is 0 Å². The fraction of sp³-hybridized carbons (Fsp3) is 0.417. The molecule has 0 heterocycles. The van der Waals surface area contributed by atoms with Crippen LogP contribution >= 0.6 is 15.9 Å². The summed E-state index contributed by atoms with van der Waals surface area (Å²) in [5, 5.41) is 8.92. The summed E-state index contributed by atoms with van der Waals surface area (Å²) >= 11 is 3.38. The van der Waals surface area contributed by atoms with Crippen molar-refractivity contribution in [2.24, 2.45) is 11.8 Å². The lowest BCUT2D eigenvalue weighted by molar-refractivity contribution is -0.147. The van der Waals surface area contributed by atoms with Crippen LogP contribution in [-0.2, 0) is 11.2 Å². The lowest BCUT2D eigenvalue weighted by atomic mass is 9.71. The molecule has 1 aromatic rings. The minimum absolute atomic E-state index is 0.117. The van der Waals surface area contributed by atoms with E-state index in [9.17, 15) is 4.79 Å². The zero-order valence-corrected chi connectivity index (χ0v) is 9.90. The molecule has 80 valence electrons. The molecule has 1 aliphatic rings. The molecule has 15 heavy (non-hydrogen) atoms. The minimum atomic E-state index is -0.636. The van der Waals surface area contributed by atoms with E-state index < -0.39 is 5.97 Å². The first-order valence-corrected chi connectivity index (χ1v) is 5.93. The molecule has 0 aliphatic heterocycles. The van der Waals surface area contributed by atoms with Crippen LogP contribution in [0.3, 0.4) is 0 Å². The van der Waals surface area contributed by atoms with Crippen LogP contribution in [0.2, 0.25) is 0 Å². The van der Waals surface area contributed by atoms with E-state index in [0.29, 0.717) is 5.92 Å². The highest BCUT2D eigenvalue weighted by molar-refractivity contribution is 9.10. The van der Waals surface area contributed by atoms with Crippen molar-refractivity contribution in [3.05, 3.63) is 34.3 Å². The monoisotopic (exact) mass is 268 g/mol. The van der Waals surface area contributed by atoms with E-state index in [2.05, 4.69) is 28.1 Å². The average Bonchev–Trinajstić information content (AvgIpc) is 2.14. The second-order valence-corrected chi connectivity index (χ2v) is 5.03. The van der Waals surface area contributed by atoms with Gasteiger partial charge in [0.15, 0.2) is 0 Å². The lowest BCUT2D eigenvalue weighted by Crippen LogP contribution is -2.34. The van der Waals surface area contributed by atoms with Gasteiger partial charge in [0.2, 0.25) is 0 Å². The van der Waals surface area contributed by atoms with Gasteiger partial charge >= 0.3 is 5.97 Å². The second-order valence-electron chi connectivity index (χ2n) is 4.11. The summed E-state index contributed by atoms with van der Waals surface area (Å²) in [4.78, 5) is 10.8. The molecule has 2 rings (SSSR count). The van der Waals surface area contributed by atoms with Crippen molar-refractivity contribution in [1.82, 2.24) is 0 Å². The first-order chi connectivity index (χ1) is 7.16. The number of rotatable bonds is 3. The van der Waals surface area contributed by atoms with E-state index in [1.54, 1.807) is 0 Å². The molecule has 0 radical (unpaired) electrons. The number of carboxylic acid groups (broad SMARTS) is 1. The molecular weight excluding hydrogens is 256 g/mol. The fourth-order valence-corrected chi connectivity index (χ4v) is 2.33. The number of hydrogen-bond acceptors (Lipinski definition) is 1. The van der Waals surface area contributed by atoms with Crippen LogP contribution in [0, 0.1) is 11.8 Å².